The average Bonchev–Trinajstić information content (AvgIpc) is 1.53. The molecule has 2 aliphatic rings. The van der Waals surface area contributed by atoms with Gasteiger partial charge in [-0.25, -0.2) is 19.6 Å². The monoisotopic (exact) mass is 1380 g/mol. The first-order valence-corrected chi connectivity index (χ1v) is 36.4. The number of carbonyl (C=O) groups is 5. The molecule has 2 fully saturated rings. The first-order chi connectivity index (χ1) is 49.1. The number of aromatic nitrogens is 1. The smallest absolute Gasteiger partial charge is 0.330 e. The van der Waals surface area contributed by atoms with E-state index in [9.17, 15) is 24.0 Å². The fourth-order valence-electron chi connectivity index (χ4n) is 12.1. The predicted octanol–water partition coefficient (Wildman–Crippen LogP) is 17.5. The lowest BCUT2D eigenvalue weighted by molar-refractivity contribution is -0.218. The maximum atomic E-state index is 13.9. The van der Waals surface area contributed by atoms with Crippen LogP contribution in [0, 0.1) is 17.8 Å². The van der Waals surface area contributed by atoms with Gasteiger partial charge in [-0.15, -0.1) is 0 Å². The van der Waals surface area contributed by atoms with E-state index in [0.717, 1.165) is 141 Å². The van der Waals surface area contributed by atoms with Crippen molar-refractivity contribution in [1.82, 2.24) is 4.98 Å². The van der Waals surface area contributed by atoms with Gasteiger partial charge < -0.3 is 42.8 Å². The Morgan fingerprint density at radius 3 is 1.56 bits per heavy atom. The number of rotatable bonds is 43. The van der Waals surface area contributed by atoms with Gasteiger partial charge in [0.1, 0.15) is 34.7 Å². The Morgan fingerprint density at radius 1 is 0.510 bits per heavy atom. The number of thiazole rings is 1. The molecular weight excluding hydrogens is 1290 g/mol. The summed E-state index contributed by atoms with van der Waals surface area (Å²) in [6.45, 7) is 9.98. The first-order valence-electron chi connectivity index (χ1n) is 35.6. The van der Waals surface area contributed by atoms with Crippen LogP contribution in [0.5, 0.6) is 34.5 Å². The Balaban J connectivity index is 0.766. The van der Waals surface area contributed by atoms with Crippen molar-refractivity contribution in [1.29, 1.82) is 0 Å². The molecule has 0 amide bonds. The normalized spacial score (nSPS) is 15.9. The fourth-order valence-corrected chi connectivity index (χ4v) is 13.0. The van der Waals surface area contributed by atoms with Crippen LogP contribution in [0.4, 0.5) is 5.13 Å². The van der Waals surface area contributed by atoms with E-state index in [1.165, 1.54) is 12.2 Å². The molecule has 0 aliphatic heterocycles. The molecule has 19 heteroatoms. The van der Waals surface area contributed by atoms with E-state index in [0.29, 0.717) is 113 Å². The van der Waals surface area contributed by atoms with Gasteiger partial charge >= 0.3 is 29.8 Å². The third-order valence-corrected chi connectivity index (χ3v) is 18.8. The second kappa shape index (κ2) is 41.9. The summed E-state index contributed by atoms with van der Waals surface area (Å²) in [7, 11) is 0. The van der Waals surface area contributed by atoms with Crippen molar-refractivity contribution in [3.8, 4) is 34.5 Å². The lowest BCUT2D eigenvalue weighted by Crippen LogP contribution is -2.30. The summed E-state index contributed by atoms with van der Waals surface area (Å²) >= 11 is 1.56. The minimum Gasteiger partial charge on any atom is -0.494 e. The number of para-hydroxylation sites is 1. The predicted molar refractivity (Wildman–Crippen MR) is 387 cm³/mol. The molecule has 0 atom stereocenters. The van der Waals surface area contributed by atoms with E-state index in [1.807, 2.05) is 108 Å². The lowest BCUT2D eigenvalue weighted by Gasteiger charge is -2.28. The number of fused-ring (bicyclic) bond motifs is 1. The highest BCUT2D eigenvalue weighted by Gasteiger charge is 2.31. The van der Waals surface area contributed by atoms with Crippen LogP contribution in [0.2, 0.25) is 0 Å². The second-order valence-corrected chi connectivity index (χ2v) is 26.3. The maximum absolute atomic E-state index is 13.9. The molecular formula is C81H95N3O15S. The minimum atomic E-state index is -0.477. The van der Waals surface area contributed by atoms with Gasteiger partial charge in [0, 0.05) is 24.3 Å². The van der Waals surface area contributed by atoms with Crippen molar-refractivity contribution in [3.63, 3.8) is 0 Å². The van der Waals surface area contributed by atoms with E-state index in [-0.39, 0.29) is 41.8 Å². The molecule has 0 unspecified atom stereocenters. The molecule has 18 nitrogen and oxygen atoms in total. The molecule has 2 saturated carbocycles. The molecule has 1 aromatic heterocycles. The fraction of sp³-hybridized carbons (Fsp3) is 0.420. The minimum absolute atomic E-state index is 0.0482. The standard InChI is InChI=1S/C81H95N3O15S/c1-3-75(85)92-54-24-11-9-22-52-90-66-41-45-69(46-42-66)96-68-39-37-64(38-40-68)79(88)98-71-49-50-73(99-95-59-60-33-35-63(36-34-60)78(87)97-70-47-43-67(44-48-70)91-53-23-10-12-25-55-93-76(86)4-2)65(57-71)58-82-84(81-83-72-31-19-20-32-74(72)100-81)51-21-7-5-6-8-26-56-94-80(89)77(61-27-15-13-16-28-61)62-29-17-14-18-30-62/h3-4,13-20,27-32,41-50,57-58,60,63-64,68,77H,1-2,5-12,21-26,33-40,51-56,59H2/b82-58+. The SMILES string of the molecule is C=CC(=O)OCCCCCCOc1ccc(OC(=O)C2CCC(COOc3ccc(OC(=O)C4CCC(Oc5ccc(OCCCCCCOC(=O)C=C)cc5)CC4)cc3/C=N/N(CCCCCCCCOC(=O)C(c3ccccc3)c3ccccc3)c3nc4ccccc4s3)CC2)cc1. The lowest BCUT2D eigenvalue weighted by atomic mass is 9.82. The zero-order valence-corrected chi connectivity index (χ0v) is 58.2. The van der Waals surface area contributed by atoms with Gasteiger partial charge in [-0.1, -0.05) is 123 Å². The Labute approximate surface area is 591 Å². The van der Waals surface area contributed by atoms with Crippen LogP contribution in [0.25, 0.3) is 10.2 Å². The number of nitrogens with zero attached hydrogens (tertiary/aromatic N) is 3. The van der Waals surface area contributed by atoms with Crippen molar-refractivity contribution >= 4 is 62.7 Å². The molecule has 6 aromatic carbocycles. The Kier molecular flexibility index (Phi) is 31.4. The van der Waals surface area contributed by atoms with Crippen molar-refractivity contribution in [2.75, 3.05) is 51.2 Å². The third kappa shape index (κ3) is 25.4. The summed E-state index contributed by atoms with van der Waals surface area (Å²) in [6.07, 6.45) is 22.0. The van der Waals surface area contributed by atoms with Crippen LogP contribution in [0.1, 0.15) is 164 Å². The van der Waals surface area contributed by atoms with Gasteiger partial charge in [0.25, 0.3) is 0 Å². The van der Waals surface area contributed by atoms with Crippen LogP contribution in [-0.4, -0.2) is 93.3 Å². The molecule has 0 spiro atoms. The summed E-state index contributed by atoms with van der Waals surface area (Å²) in [5, 5.41) is 7.72. The molecule has 9 rings (SSSR count). The summed E-state index contributed by atoms with van der Waals surface area (Å²) in [4.78, 5) is 80.3. The maximum Gasteiger partial charge on any atom is 0.330 e. The molecule has 0 saturated heterocycles. The number of unbranched alkanes of at least 4 members (excludes halogenated alkanes) is 11. The summed E-state index contributed by atoms with van der Waals surface area (Å²) < 4.78 is 47.1. The summed E-state index contributed by atoms with van der Waals surface area (Å²) in [5.74, 6) is 0.893. The highest BCUT2D eigenvalue weighted by molar-refractivity contribution is 7.22. The van der Waals surface area contributed by atoms with Gasteiger partial charge in [-0.2, -0.15) is 9.99 Å². The van der Waals surface area contributed by atoms with Crippen LogP contribution in [0.3, 0.4) is 0 Å². The highest BCUT2D eigenvalue weighted by Crippen LogP contribution is 2.35. The molecule has 0 bridgehead atoms. The van der Waals surface area contributed by atoms with E-state index in [2.05, 4.69) is 19.2 Å². The zero-order valence-electron chi connectivity index (χ0n) is 57.3. The molecule has 100 heavy (non-hydrogen) atoms. The van der Waals surface area contributed by atoms with Crippen molar-refractivity contribution in [3.05, 3.63) is 194 Å². The van der Waals surface area contributed by atoms with Crippen LogP contribution >= 0.6 is 11.3 Å². The number of carbonyl (C=O) groups excluding carboxylic acids is 5. The molecule has 2 aliphatic carbocycles. The largest absolute Gasteiger partial charge is 0.494 e. The van der Waals surface area contributed by atoms with Gasteiger partial charge in [-0.3, -0.25) is 14.4 Å². The first kappa shape index (κ1) is 74.9. The second-order valence-electron chi connectivity index (χ2n) is 25.3. The van der Waals surface area contributed by atoms with Gasteiger partial charge in [-0.05, 0) is 211 Å². The number of anilines is 1. The number of hydrogen-bond acceptors (Lipinski definition) is 19. The summed E-state index contributed by atoms with van der Waals surface area (Å²) in [6, 6.07) is 47.5. The summed E-state index contributed by atoms with van der Waals surface area (Å²) in [5.41, 5.74) is 3.23. The number of ether oxygens (including phenoxy) is 8. The Hall–Kier alpha value is -9.33. The van der Waals surface area contributed by atoms with Crippen molar-refractivity contribution in [2.45, 2.75) is 153 Å². The Bertz CT molecular complexity index is 3590. The molecule has 1 heterocycles. The number of hydrogen-bond donors (Lipinski definition) is 0. The van der Waals surface area contributed by atoms with Gasteiger partial charge in [0.15, 0.2) is 5.75 Å². The van der Waals surface area contributed by atoms with E-state index < -0.39 is 17.9 Å². The van der Waals surface area contributed by atoms with Crippen LogP contribution in [0.15, 0.2) is 182 Å². The van der Waals surface area contributed by atoms with Crippen molar-refractivity contribution < 1.29 is 71.6 Å². The molecule has 0 radical (unpaired) electrons. The number of esters is 5. The van der Waals surface area contributed by atoms with Crippen LogP contribution in [-0.2, 0) is 43.1 Å². The molecule has 7 aromatic rings. The van der Waals surface area contributed by atoms with E-state index in [1.54, 1.807) is 60.0 Å². The molecule has 0 N–H and O–H groups in total. The number of hydrazone groups is 1. The quantitative estimate of drug-likeness (QED) is 0.00509. The van der Waals surface area contributed by atoms with E-state index >= 15 is 0 Å². The average molecular weight is 1380 g/mol. The zero-order chi connectivity index (χ0) is 69.8. The van der Waals surface area contributed by atoms with Crippen molar-refractivity contribution in [2.24, 2.45) is 22.9 Å². The van der Waals surface area contributed by atoms with Gasteiger partial charge in [0.05, 0.1) is 74.0 Å². The molecule has 530 valence electrons. The number of benzene rings is 6. The topological polar surface area (TPSA) is 206 Å². The van der Waals surface area contributed by atoms with Gasteiger partial charge in [0.2, 0.25) is 5.13 Å². The highest BCUT2D eigenvalue weighted by atomic mass is 32.1. The van der Waals surface area contributed by atoms with E-state index in [4.69, 9.17) is 57.8 Å². The van der Waals surface area contributed by atoms with Crippen LogP contribution < -0.4 is 33.6 Å². The Morgan fingerprint density at radius 2 is 0.990 bits per heavy atom. The third-order valence-electron chi connectivity index (χ3n) is 17.8.